The second-order valence-corrected chi connectivity index (χ2v) is 12.6. The van der Waals surface area contributed by atoms with Crippen molar-refractivity contribution in [3.63, 3.8) is 0 Å². The maximum absolute atomic E-state index is 13.2. The van der Waals surface area contributed by atoms with Crippen molar-refractivity contribution in [2.24, 2.45) is 0 Å². The van der Waals surface area contributed by atoms with Gasteiger partial charge in [-0.15, -0.1) is 0 Å². The average Bonchev–Trinajstić information content (AvgIpc) is 3.45. The summed E-state index contributed by atoms with van der Waals surface area (Å²) in [4.78, 5) is 30.9. The van der Waals surface area contributed by atoms with Crippen LogP contribution in [0.1, 0.15) is 12.0 Å². The van der Waals surface area contributed by atoms with E-state index in [0.717, 1.165) is 61.4 Å². The Bertz CT molecular complexity index is 1930. The number of ether oxygens (including phenoxy) is 2. The van der Waals surface area contributed by atoms with Crippen molar-refractivity contribution < 1.29 is 27.4 Å². The van der Waals surface area contributed by atoms with E-state index in [4.69, 9.17) is 21.1 Å². The van der Waals surface area contributed by atoms with Crippen LogP contribution in [-0.2, 0) is 6.18 Å². The number of hydrogen-bond donors (Lipinski definition) is 3. The van der Waals surface area contributed by atoms with Crippen LogP contribution < -0.4 is 25.4 Å². The molecule has 0 aliphatic carbocycles. The van der Waals surface area contributed by atoms with Gasteiger partial charge in [-0.2, -0.15) is 13.2 Å². The highest BCUT2D eigenvalue weighted by molar-refractivity contribution is 7.22. The number of aromatic nitrogens is 3. The van der Waals surface area contributed by atoms with Gasteiger partial charge in [0.05, 0.1) is 40.0 Å². The lowest BCUT2D eigenvalue weighted by molar-refractivity contribution is -0.137. The van der Waals surface area contributed by atoms with Crippen molar-refractivity contribution in [1.82, 2.24) is 24.8 Å². The molecule has 3 aromatic carbocycles. The summed E-state index contributed by atoms with van der Waals surface area (Å²) in [6.07, 6.45) is -2.32. The number of amides is 2. The predicted molar refractivity (Wildman–Crippen MR) is 182 cm³/mol. The summed E-state index contributed by atoms with van der Waals surface area (Å²) in [5.74, 6) is 1.70. The number of carbonyl (C=O) groups excluding carboxylic acids is 1. The Balaban J connectivity index is 1.13. The zero-order valence-electron chi connectivity index (χ0n) is 26.0. The molecule has 0 bridgehead atoms. The van der Waals surface area contributed by atoms with E-state index < -0.39 is 22.8 Å². The number of thiazole rings is 1. The summed E-state index contributed by atoms with van der Waals surface area (Å²) in [7, 11) is 3.73. The van der Waals surface area contributed by atoms with Gasteiger partial charge in [-0.3, -0.25) is 0 Å². The van der Waals surface area contributed by atoms with E-state index in [1.54, 1.807) is 25.3 Å². The number of fused-ring (bicyclic) bond motifs is 2. The quantitative estimate of drug-likeness (QED) is 0.129. The van der Waals surface area contributed by atoms with Crippen LogP contribution in [0.5, 0.6) is 11.5 Å². The van der Waals surface area contributed by atoms with E-state index >= 15 is 0 Å². The van der Waals surface area contributed by atoms with Gasteiger partial charge in [0.2, 0.25) is 0 Å². The molecule has 0 saturated carbocycles. The van der Waals surface area contributed by atoms with Gasteiger partial charge in [0, 0.05) is 55.6 Å². The number of anilines is 4. The summed E-state index contributed by atoms with van der Waals surface area (Å²) in [5.41, 5.74) is 0.669. The second kappa shape index (κ2) is 14.4. The molecule has 2 aromatic heterocycles. The van der Waals surface area contributed by atoms with Gasteiger partial charge in [-0.1, -0.05) is 22.9 Å². The predicted octanol–water partition coefficient (Wildman–Crippen LogP) is 7.32. The fraction of sp³-hybridized carbons (Fsp3) is 0.312. The van der Waals surface area contributed by atoms with Crippen LogP contribution in [0.2, 0.25) is 5.02 Å². The number of rotatable bonds is 10. The zero-order chi connectivity index (χ0) is 33.8. The van der Waals surface area contributed by atoms with E-state index in [9.17, 15) is 18.0 Å². The molecule has 0 unspecified atom stereocenters. The third kappa shape index (κ3) is 7.98. The number of hydrogen-bond acceptors (Lipinski definition) is 10. The van der Waals surface area contributed by atoms with Crippen LogP contribution in [-0.4, -0.2) is 84.3 Å². The first kappa shape index (κ1) is 33.5. The van der Waals surface area contributed by atoms with Crippen LogP contribution in [0.3, 0.4) is 0 Å². The lowest BCUT2D eigenvalue weighted by Crippen LogP contribution is -2.44. The van der Waals surface area contributed by atoms with E-state index in [2.05, 4.69) is 47.7 Å². The van der Waals surface area contributed by atoms with Gasteiger partial charge in [0.1, 0.15) is 12.1 Å². The molecule has 1 aliphatic heterocycles. The first-order chi connectivity index (χ1) is 23.1. The number of urea groups is 1. The third-order valence-corrected chi connectivity index (χ3v) is 9.06. The van der Waals surface area contributed by atoms with Crippen LogP contribution >= 0.6 is 22.9 Å². The molecule has 0 atom stereocenters. The maximum atomic E-state index is 13.2. The summed E-state index contributed by atoms with van der Waals surface area (Å²) in [5, 5.41) is 9.15. The Morgan fingerprint density at radius 2 is 1.73 bits per heavy atom. The SMILES string of the molecule is COc1cc2ncnc(Nc3nc4ccc(NC(=O)Nc5ccc(Cl)c(C(F)(F)F)c5)cc4s3)c2cc1OCCCN1CCN(C)CC1. The molecule has 3 N–H and O–H groups in total. The number of likely N-dealkylation sites (N-methyl/N-ethyl adjacent to an activating group) is 1. The Kier molecular flexibility index (Phi) is 10.0. The van der Waals surface area contributed by atoms with Crippen molar-refractivity contribution in [2.45, 2.75) is 12.6 Å². The minimum Gasteiger partial charge on any atom is -0.493 e. The number of benzene rings is 3. The molecule has 0 spiro atoms. The molecular formula is C32H32ClF3N8O3S. The van der Waals surface area contributed by atoms with E-state index in [0.29, 0.717) is 45.8 Å². The highest BCUT2D eigenvalue weighted by Gasteiger charge is 2.33. The van der Waals surface area contributed by atoms with Crippen LogP contribution in [0.25, 0.3) is 21.1 Å². The molecule has 3 heterocycles. The van der Waals surface area contributed by atoms with Crippen molar-refractivity contribution >= 4 is 72.4 Å². The van der Waals surface area contributed by atoms with Gasteiger partial charge in [-0.05, 0) is 55.9 Å². The molecule has 252 valence electrons. The summed E-state index contributed by atoms with van der Waals surface area (Å²) in [6, 6.07) is 11.2. The minimum atomic E-state index is -4.65. The third-order valence-electron chi connectivity index (χ3n) is 7.79. The first-order valence-corrected chi connectivity index (χ1v) is 16.2. The molecule has 5 aromatic rings. The lowest BCUT2D eigenvalue weighted by Gasteiger charge is -2.32. The average molecular weight is 701 g/mol. The van der Waals surface area contributed by atoms with Crippen molar-refractivity contribution in [3.05, 3.63) is 65.4 Å². The zero-order valence-corrected chi connectivity index (χ0v) is 27.6. The Labute approximate surface area is 283 Å². The molecule has 2 amide bonds. The number of methoxy groups -OCH3 is 1. The highest BCUT2D eigenvalue weighted by atomic mass is 35.5. The molecule has 1 fully saturated rings. The summed E-state index contributed by atoms with van der Waals surface area (Å²) < 4.78 is 52.1. The number of alkyl halides is 3. The van der Waals surface area contributed by atoms with Crippen molar-refractivity contribution in [1.29, 1.82) is 0 Å². The largest absolute Gasteiger partial charge is 0.493 e. The molecule has 16 heteroatoms. The second-order valence-electron chi connectivity index (χ2n) is 11.2. The topological polar surface area (TPSA) is 117 Å². The first-order valence-electron chi connectivity index (χ1n) is 15.0. The van der Waals surface area contributed by atoms with Crippen molar-refractivity contribution in [3.8, 4) is 11.5 Å². The standard InChI is InChI=1S/C32H32ClF3N8O3S/c1-43-9-11-44(12-10-43)8-3-13-47-27-16-21-25(17-26(27)46-2)37-18-38-29(21)42-31-41-24-7-5-20(15-28(24)48-31)40-30(45)39-19-4-6-23(33)22(14-19)32(34,35)36/h4-7,14-18H,3,8-13H2,1-2H3,(H2,39,40,45)(H,37,38,41,42). The lowest BCUT2D eigenvalue weighted by atomic mass is 10.2. The monoisotopic (exact) mass is 700 g/mol. The molecule has 0 radical (unpaired) electrons. The minimum absolute atomic E-state index is 0.0523. The number of piperazine rings is 1. The number of carbonyl (C=O) groups is 1. The molecule has 1 saturated heterocycles. The number of nitrogens with zero attached hydrogens (tertiary/aromatic N) is 5. The van der Waals surface area contributed by atoms with Gasteiger partial charge in [-0.25, -0.2) is 19.7 Å². The fourth-order valence-electron chi connectivity index (χ4n) is 5.25. The highest BCUT2D eigenvalue weighted by Crippen LogP contribution is 2.38. The van der Waals surface area contributed by atoms with Crippen LogP contribution in [0.4, 0.5) is 40.3 Å². The summed E-state index contributed by atoms with van der Waals surface area (Å²) >= 11 is 7.01. The molecule has 1 aliphatic rings. The number of nitrogens with one attached hydrogen (secondary N) is 3. The van der Waals surface area contributed by atoms with Crippen molar-refractivity contribution in [2.75, 3.05) is 69.4 Å². The number of halogens is 4. The van der Waals surface area contributed by atoms with E-state index in [1.165, 1.54) is 23.7 Å². The molecule has 6 rings (SSSR count). The Morgan fingerprint density at radius 3 is 2.48 bits per heavy atom. The molecule has 11 nitrogen and oxygen atoms in total. The van der Waals surface area contributed by atoms with E-state index in [1.807, 2.05) is 12.1 Å². The Hall–Kier alpha value is -4.44. The maximum Gasteiger partial charge on any atom is 0.417 e. The fourth-order valence-corrected chi connectivity index (χ4v) is 6.38. The van der Waals surface area contributed by atoms with Gasteiger partial charge >= 0.3 is 12.2 Å². The van der Waals surface area contributed by atoms with E-state index in [-0.39, 0.29) is 5.69 Å². The Morgan fingerprint density at radius 1 is 0.979 bits per heavy atom. The van der Waals surface area contributed by atoms with Gasteiger partial charge in [0.15, 0.2) is 16.6 Å². The van der Waals surface area contributed by atoms with Crippen LogP contribution in [0, 0.1) is 0 Å². The molecular weight excluding hydrogens is 669 g/mol. The molecule has 48 heavy (non-hydrogen) atoms. The van der Waals surface area contributed by atoms with Gasteiger partial charge < -0.3 is 35.2 Å². The van der Waals surface area contributed by atoms with Gasteiger partial charge in [0.25, 0.3) is 0 Å². The summed E-state index contributed by atoms with van der Waals surface area (Å²) in [6.45, 7) is 5.75. The normalized spacial score (nSPS) is 14.3. The van der Waals surface area contributed by atoms with Crippen LogP contribution in [0.15, 0.2) is 54.9 Å². The smallest absolute Gasteiger partial charge is 0.417 e.